The fourth-order valence-electron chi connectivity index (χ4n) is 3.07. The summed E-state index contributed by atoms with van der Waals surface area (Å²) in [7, 11) is -1.68. The summed E-state index contributed by atoms with van der Waals surface area (Å²) < 4.78 is 27.1. The molecule has 3 rings (SSSR count). The fourth-order valence-corrected chi connectivity index (χ4v) is 4.41. The highest BCUT2D eigenvalue weighted by molar-refractivity contribution is 7.89. The minimum atomic E-state index is -3.69. The van der Waals surface area contributed by atoms with Crippen molar-refractivity contribution in [2.75, 3.05) is 31.6 Å². The molecule has 0 unspecified atom stereocenters. The molecule has 2 aromatic carbocycles. The van der Waals surface area contributed by atoms with Gasteiger partial charge in [-0.05, 0) is 29.8 Å². The Labute approximate surface area is 164 Å². The van der Waals surface area contributed by atoms with Crippen LogP contribution in [0.4, 0.5) is 5.69 Å². The summed E-state index contributed by atoms with van der Waals surface area (Å²) in [4.78, 5) is 16.6. The van der Waals surface area contributed by atoms with Gasteiger partial charge in [0.2, 0.25) is 15.9 Å². The van der Waals surface area contributed by atoms with Crippen LogP contribution in [0.3, 0.4) is 0 Å². The molecule has 144 valence electrons. The van der Waals surface area contributed by atoms with Crippen molar-refractivity contribution in [1.82, 2.24) is 9.62 Å². The molecule has 1 aliphatic rings. The van der Waals surface area contributed by atoms with E-state index in [4.69, 9.17) is 11.6 Å². The van der Waals surface area contributed by atoms with E-state index in [1.54, 1.807) is 17.0 Å². The zero-order valence-electron chi connectivity index (χ0n) is 15.1. The van der Waals surface area contributed by atoms with Gasteiger partial charge in [0.1, 0.15) is 0 Å². The number of halogens is 1. The highest BCUT2D eigenvalue weighted by Gasteiger charge is 2.21. The van der Waals surface area contributed by atoms with Crippen molar-refractivity contribution in [3.63, 3.8) is 0 Å². The van der Waals surface area contributed by atoms with Crippen molar-refractivity contribution in [3.05, 3.63) is 59.1 Å². The number of hydrogen-bond donors (Lipinski definition) is 1. The van der Waals surface area contributed by atoms with E-state index in [0.717, 1.165) is 17.8 Å². The molecule has 0 fully saturated rings. The minimum Gasteiger partial charge on any atom is -0.373 e. The maximum absolute atomic E-state index is 12.6. The summed E-state index contributed by atoms with van der Waals surface area (Å²) in [5, 5.41) is 0.348. The Kier molecular flexibility index (Phi) is 6.04. The lowest BCUT2D eigenvalue weighted by atomic mass is 10.1. The number of anilines is 1. The molecule has 27 heavy (non-hydrogen) atoms. The SMILES string of the molecule is CN1CCN(C(=O)CCNS(=O)(=O)c2cccc(Cl)c2)Cc2ccccc21. The van der Waals surface area contributed by atoms with Crippen molar-refractivity contribution in [1.29, 1.82) is 0 Å². The van der Waals surface area contributed by atoms with E-state index in [2.05, 4.69) is 9.62 Å². The van der Waals surface area contributed by atoms with Crippen molar-refractivity contribution in [3.8, 4) is 0 Å². The second-order valence-electron chi connectivity index (χ2n) is 6.47. The van der Waals surface area contributed by atoms with E-state index in [1.165, 1.54) is 12.1 Å². The number of benzene rings is 2. The minimum absolute atomic E-state index is 0.0433. The van der Waals surface area contributed by atoms with E-state index in [-0.39, 0.29) is 23.8 Å². The molecule has 8 heteroatoms. The summed E-state index contributed by atoms with van der Waals surface area (Å²) >= 11 is 5.85. The number of para-hydroxylation sites is 1. The molecule has 0 aromatic heterocycles. The molecule has 1 heterocycles. The zero-order valence-corrected chi connectivity index (χ0v) is 16.6. The molecule has 0 saturated carbocycles. The van der Waals surface area contributed by atoms with E-state index >= 15 is 0 Å². The molecule has 1 N–H and O–H groups in total. The van der Waals surface area contributed by atoms with Crippen LogP contribution >= 0.6 is 11.6 Å². The van der Waals surface area contributed by atoms with Crippen LogP contribution in [0.1, 0.15) is 12.0 Å². The predicted molar refractivity (Wildman–Crippen MR) is 106 cm³/mol. The normalized spacial score (nSPS) is 14.6. The smallest absolute Gasteiger partial charge is 0.240 e. The standard InChI is InChI=1S/C19H22ClN3O3S/c1-22-11-12-23(14-15-5-2-3-8-18(15)22)19(24)9-10-21-27(25,26)17-7-4-6-16(20)13-17/h2-8,13,21H,9-12,14H2,1H3. The largest absolute Gasteiger partial charge is 0.373 e. The maximum atomic E-state index is 12.6. The Morgan fingerprint density at radius 1 is 1.15 bits per heavy atom. The number of nitrogens with zero attached hydrogens (tertiary/aromatic N) is 2. The van der Waals surface area contributed by atoms with Gasteiger partial charge in [0.05, 0.1) is 4.90 Å². The van der Waals surface area contributed by atoms with Crippen molar-refractivity contribution in [2.45, 2.75) is 17.9 Å². The van der Waals surface area contributed by atoms with Gasteiger partial charge < -0.3 is 9.80 Å². The maximum Gasteiger partial charge on any atom is 0.240 e. The summed E-state index contributed by atoms with van der Waals surface area (Å²) in [6.45, 7) is 1.91. The summed E-state index contributed by atoms with van der Waals surface area (Å²) in [5.74, 6) is -0.0751. The molecule has 0 spiro atoms. The van der Waals surface area contributed by atoms with Gasteiger partial charge in [0.25, 0.3) is 0 Å². The van der Waals surface area contributed by atoms with Crippen molar-refractivity contribution >= 4 is 33.2 Å². The van der Waals surface area contributed by atoms with E-state index in [0.29, 0.717) is 18.1 Å². The van der Waals surface area contributed by atoms with Crippen LogP contribution < -0.4 is 9.62 Å². The van der Waals surface area contributed by atoms with Gasteiger partial charge in [-0.1, -0.05) is 35.9 Å². The monoisotopic (exact) mass is 407 g/mol. The van der Waals surface area contributed by atoms with E-state index in [9.17, 15) is 13.2 Å². The van der Waals surface area contributed by atoms with Crippen LogP contribution in [0.15, 0.2) is 53.4 Å². The molecular weight excluding hydrogens is 386 g/mol. The number of carbonyl (C=O) groups excluding carboxylic acids is 1. The first-order valence-corrected chi connectivity index (χ1v) is 10.5. The third-order valence-electron chi connectivity index (χ3n) is 4.56. The van der Waals surface area contributed by atoms with Gasteiger partial charge in [-0.2, -0.15) is 0 Å². The molecule has 0 atom stereocenters. The van der Waals surface area contributed by atoms with Gasteiger partial charge >= 0.3 is 0 Å². The average molecular weight is 408 g/mol. The van der Waals surface area contributed by atoms with Crippen LogP contribution in [-0.4, -0.2) is 45.9 Å². The van der Waals surface area contributed by atoms with Gasteiger partial charge in [0.15, 0.2) is 0 Å². The van der Waals surface area contributed by atoms with Crippen LogP contribution in [0, 0.1) is 0 Å². The number of likely N-dealkylation sites (N-methyl/N-ethyl adjacent to an activating group) is 1. The molecule has 1 aliphatic heterocycles. The first kappa shape index (κ1) is 19.7. The topological polar surface area (TPSA) is 69.7 Å². The third-order valence-corrected chi connectivity index (χ3v) is 6.25. The second kappa shape index (κ2) is 8.29. The molecule has 1 amide bonds. The number of amides is 1. The van der Waals surface area contributed by atoms with Crippen LogP contribution in [0.5, 0.6) is 0 Å². The quantitative estimate of drug-likeness (QED) is 0.826. The average Bonchev–Trinajstić information content (AvgIpc) is 2.81. The van der Waals surface area contributed by atoms with E-state index in [1.807, 2.05) is 31.3 Å². The Hall–Kier alpha value is -2.09. The van der Waals surface area contributed by atoms with Crippen LogP contribution in [0.2, 0.25) is 5.02 Å². The Bertz CT molecular complexity index is 933. The Morgan fingerprint density at radius 3 is 2.70 bits per heavy atom. The highest BCUT2D eigenvalue weighted by atomic mass is 35.5. The van der Waals surface area contributed by atoms with Crippen molar-refractivity contribution in [2.24, 2.45) is 0 Å². The van der Waals surface area contributed by atoms with Crippen LogP contribution in [-0.2, 0) is 21.4 Å². The molecule has 0 saturated heterocycles. The highest BCUT2D eigenvalue weighted by Crippen LogP contribution is 2.23. The summed E-state index contributed by atoms with van der Waals surface area (Å²) in [5.41, 5.74) is 2.21. The van der Waals surface area contributed by atoms with Crippen molar-refractivity contribution < 1.29 is 13.2 Å². The predicted octanol–water partition coefficient (Wildman–Crippen LogP) is 2.49. The first-order valence-electron chi connectivity index (χ1n) is 8.69. The third kappa shape index (κ3) is 4.80. The van der Waals surface area contributed by atoms with Gasteiger partial charge in [0, 0.05) is 50.4 Å². The summed E-state index contributed by atoms with van der Waals surface area (Å²) in [6.07, 6.45) is 0.103. The van der Waals surface area contributed by atoms with Crippen LogP contribution in [0.25, 0.3) is 0 Å². The molecule has 2 aromatic rings. The number of carbonyl (C=O) groups is 1. The number of fused-ring (bicyclic) bond motifs is 1. The number of sulfonamides is 1. The Morgan fingerprint density at radius 2 is 1.93 bits per heavy atom. The number of hydrogen-bond acceptors (Lipinski definition) is 4. The fraction of sp³-hybridized carbons (Fsp3) is 0.316. The first-order chi connectivity index (χ1) is 12.9. The lowest BCUT2D eigenvalue weighted by molar-refractivity contribution is -0.131. The molecule has 0 bridgehead atoms. The van der Waals surface area contributed by atoms with Gasteiger partial charge in [-0.15, -0.1) is 0 Å². The molecule has 6 nitrogen and oxygen atoms in total. The molecule has 0 radical (unpaired) electrons. The van der Waals surface area contributed by atoms with Gasteiger partial charge in [-0.25, -0.2) is 13.1 Å². The summed E-state index contributed by atoms with van der Waals surface area (Å²) in [6, 6.07) is 14.0. The second-order valence-corrected chi connectivity index (χ2v) is 8.67. The lowest BCUT2D eigenvalue weighted by Gasteiger charge is -2.21. The van der Waals surface area contributed by atoms with Gasteiger partial charge in [-0.3, -0.25) is 4.79 Å². The molecule has 0 aliphatic carbocycles. The zero-order chi connectivity index (χ0) is 19.4. The van der Waals surface area contributed by atoms with E-state index < -0.39 is 10.0 Å². The number of nitrogens with one attached hydrogen (secondary N) is 1. The Balaban J connectivity index is 1.60. The molecular formula is C19H22ClN3O3S. The lowest BCUT2D eigenvalue weighted by Crippen LogP contribution is -2.36. The number of rotatable bonds is 5.